The standard InChI is InChI=1S/C24H25FN4O4S/c1-32-17-7-8-20(21(11-17)33-2)26-22(30)14-34-24-27-19-9-10-29(13-18(19)23(31)28-24)12-15-3-5-16(25)6-4-15/h3-8,11H,9-10,12-14H2,1-2H3,(H,26,30)(H,27,28,31). The molecule has 1 amide bonds. The van der Waals surface area contributed by atoms with E-state index >= 15 is 0 Å². The topological polar surface area (TPSA) is 96.5 Å². The van der Waals surface area contributed by atoms with Crippen LogP contribution in [0.15, 0.2) is 52.4 Å². The molecule has 0 radical (unpaired) electrons. The summed E-state index contributed by atoms with van der Waals surface area (Å²) in [4.78, 5) is 34.6. The predicted octanol–water partition coefficient (Wildman–Crippen LogP) is 3.22. The number of amides is 1. The highest BCUT2D eigenvalue weighted by molar-refractivity contribution is 7.99. The summed E-state index contributed by atoms with van der Waals surface area (Å²) in [5, 5.41) is 3.21. The number of H-pyrrole nitrogens is 1. The van der Waals surface area contributed by atoms with Crippen molar-refractivity contribution in [2.75, 3.05) is 31.8 Å². The van der Waals surface area contributed by atoms with E-state index in [0.29, 0.717) is 47.4 Å². The first-order valence-corrected chi connectivity index (χ1v) is 11.7. The molecule has 4 rings (SSSR count). The number of methoxy groups -OCH3 is 2. The molecule has 0 spiro atoms. The largest absolute Gasteiger partial charge is 0.497 e. The van der Waals surface area contributed by atoms with Crippen LogP contribution in [0.3, 0.4) is 0 Å². The van der Waals surface area contributed by atoms with Crippen LogP contribution in [-0.2, 0) is 24.3 Å². The SMILES string of the molecule is COc1ccc(NC(=O)CSc2nc3c(c(=O)[nH]2)CN(Cc2ccc(F)cc2)CC3)c(OC)c1. The summed E-state index contributed by atoms with van der Waals surface area (Å²) in [7, 11) is 3.07. The highest BCUT2D eigenvalue weighted by atomic mass is 32.2. The fourth-order valence-electron chi connectivity index (χ4n) is 3.73. The number of ether oxygens (including phenoxy) is 2. The molecule has 10 heteroatoms. The molecule has 1 aliphatic rings. The van der Waals surface area contributed by atoms with Crippen LogP contribution in [-0.4, -0.2) is 47.3 Å². The molecule has 8 nitrogen and oxygen atoms in total. The van der Waals surface area contributed by atoms with Crippen LogP contribution >= 0.6 is 11.8 Å². The van der Waals surface area contributed by atoms with E-state index in [4.69, 9.17) is 9.47 Å². The second-order valence-corrected chi connectivity index (χ2v) is 8.75. The highest BCUT2D eigenvalue weighted by Gasteiger charge is 2.22. The zero-order valence-electron chi connectivity index (χ0n) is 18.9. The molecular weight excluding hydrogens is 459 g/mol. The Bertz CT molecular complexity index is 1230. The lowest BCUT2D eigenvalue weighted by Gasteiger charge is -2.27. The molecular formula is C24H25FN4O4S. The quantitative estimate of drug-likeness (QED) is 0.374. The average molecular weight is 485 g/mol. The number of benzene rings is 2. The van der Waals surface area contributed by atoms with Crippen molar-refractivity contribution < 1.29 is 18.7 Å². The molecule has 2 N–H and O–H groups in total. The molecule has 2 heterocycles. The zero-order chi connectivity index (χ0) is 24.1. The third-order valence-corrected chi connectivity index (χ3v) is 6.34. The number of thioether (sulfide) groups is 1. The number of aromatic nitrogens is 2. The van der Waals surface area contributed by atoms with Gasteiger partial charge in [-0.3, -0.25) is 14.5 Å². The predicted molar refractivity (Wildman–Crippen MR) is 128 cm³/mol. The fraction of sp³-hybridized carbons (Fsp3) is 0.292. The normalized spacial score (nSPS) is 13.3. The van der Waals surface area contributed by atoms with E-state index in [1.165, 1.54) is 31.0 Å². The Morgan fingerprint density at radius 2 is 2.00 bits per heavy atom. The Labute approximate surface area is 200 Å². The second kappa shape index (κ2) is 10.7. The van der Waals surface area contributed by atoms with Crippen LogP contribution in [0.4, 0.5) is 10.1 Å². The molecule has 0 saturated heterocycles. The van der Waals surface area contributed by atoms with Crippen LogP contribution in [0.1, 0.15) is 16.8 Å². The summed E-state index contributed by atoms with van der Waals surface area (Å²) >= 11 is 1.17. The molecule has 1 aromatic heterocycles. The van der Waals surface area contributed by atoms with Crippen LogP contribution in [0.25, 0.3) is 0 Å². The molecule has 0 atom stereocenters. The van der Waals surface area contributed by atoms with Crippen molar-refractivity contribution in [1.82, 2.24) is 14.9 Å². The van der Waals surface area contributed by atoms with Gasteiger partial charge in [0.2, 0.25) is 5.91 Å². The van der Waals surface area contributed by atoms with E-state index < -0.39 is 0 Å². The lowest BCUT2D eigenvalue weighted by molar-refractivity contribution is -0.113. The van der Waals surface area contributed by atoms with Crippen LogP contribution in [0, 0.1) is 5.82 Å². The summed E-state index contributed by atoms with van der Waals surface area (Å²) in [5.41, 5.74) is 2.69. The van der Waals surface area contributed by atoms with Gasteiger partial charge in [-0.1, -0.05) is 23.9 Å². The molecule has 0 unspecified atom stereocenters. The van der Waals surface area contributed by atoms with Gasteiger partial charge >= 0.3 is 0 Å². The number of anilines is 1. The molecule has 0 aliphatic carbocycles. The fourth-order valence-corrected chi connectivity index (χ4v) is 4.41. The number of fused-ring (bicyclic) bond motifs is 1. The Kier molecular flexibility index (Phi) is 7.49. The van der Waals surface area contributed by atoms with Crippen molar-refractivity contribution in [1.29, 1.82) is 0 Å². The van der Waals surface area contributed by atoms with E-state index in [-0.39, 0.29) is 23.0 Å². The maximum Gasteiger partial charge on any atom is 0.256 e. The number of hydrogen-bond acceptors (Lipinski definition) is 7. The van der Waals surface area contributed by atoms with Gasteiger partial charge in [-0.25, -0.2) is 9.37 Å². The third kappa shape index (κ3) is 5.75. The van der Waals surface area contributed by atoms with Gasteiger partial charge in [-0.2, -0.15) is 0 Å². The molecule has 0 saturated carbocycles. The van der Waals surface area contributed by atoms with Gasteiger partial charge in [0.1, 0.15) is 17.3 Å². The van der Waals surface area contributed by atoms with E-state index in [1.54, 1.807) is 37.4 Å². The van der Waals surface area contributed by atoms with Crippen molar-refractivity contribution in [3.8, 4) is 11.5 Å². The smallest absolute Gasteiger partial charge is 0.256 e. The van der Waals surface area contributed by atoms with Gasteiger partial charge in [0.25, 0.3) is 5.56 Å². The highest BCUT2D eigenvalue weighted by Crippen LogP contribution is 2.29. The molecule has 34 heavy (non-hydrogen) atoms. The minimum Gasteiger partial charge on any atom is -0.497 e. The first kappa shape index (κ1) is 23.8. The lowest BCUT2D eigenvalue weighted by atomic mass is 10.1. The van der Waals surface area contributed by atoms with Crippen molar-refractivity contribution in [3.05, 3.63) is 75.5 Å². The van der Waals surface area contributed by atoms with Gasteiger partial charge in [0.05, 0.1) is 36.9 Å². The maximum atomic E-state index is 13.1. The number of hydrogen-bond donors (Lipinski definition) is 2. The van der Waals surface area contributed by atoms with Crippen LogP contribution < -0.4 is 20.3 Å². The Balaban J connectivity index is 1.36. The second-order valence-electron chi connectivity index (χ2n) is 7.79. The first-order valence-electron chi connectivity index (χ1n) is 10.7. The Morgan fingerprint density at radius 3 is 2.74 bits per heavy atom. The summed E-state index contributed by atoms with van der Waals surface area (Å²) in [6, 6.07) is 11.5. The summed E-state index contributed by atoms with van der Waals surface area (Å²) in [6.45, 7) is 1.84. The van der Waals surface area contributed by atoms with Crippen molar-refractivity contribution in [2.24, 2.45) is 0 Å². The molecule has 2 aromatic carbocycles. The number of aromatic amines is 1. The molecule has 1 aliphatic heterocycles. The number of carbonyl (C=O) groups excluding carboxylic acids is 1. The maximum absolute atomic E-state index is 13.1. The Hall–Kier alpha value is -3.37. The molecule has 0 bridgehead atoms. The van der Waals surface area contributed by atoms with Gasteiger partial charge in [0.15, 0.2) is 5.16 Å². The number of rotatable bonds is 8. The minimum atomic E-state index is -0.268. The van der Waals surface area contributed by atoms with Gasteiger partial charge in [-0.15, -0.1) is 0 Å². The number of nitrogens with one attached hydrogen (secondary N) is 2. The molecule has 178 valence electrons. The van der Waals surface area contributed by atoms with E-state index in [2.05, 4.69) is 20.2 Å². The summed E-state index contributed by atoms with van der Waals surface area (Å²) in [5.74, 6) is 0.669. The first-order chi connectivity index (χ1) is 16.4. The van der Waals surface area contributed by atoms with Crippen molar-refractivity contribution in [2.45, 2.75) is 24.7 Å². The van der Waals surface area contributed by atoms with Crippen molar-refractivity contribution in [3.63, 3.8) is 0 Å². The monoisotopic (exact) mass is 484 g/mol. The molecule has 0 fully saturated rings. The van der Waals surface area contributed by atoms with Crippen molar-refractivity contribution >= 4 is 23.4 Å². The summed E-state index contributed by atoms with van der Waals surface area (Å²) in [6.07, 6.45) is 0.628. The van der Waals surface area contributed by atoms with Crippen LogP contribution in [0.2, 0.25) is 0 Å². The van der Waals surface area contributed by atoms with Gasteiger partial charge in [0, 0.05) is 32.1 Å². The number of halogens is 1. The van der Waals surface area contributed by atoms with Gasteiger partial charge < -0.3 is 19.8 Å². The van der Waals surface area contributed by atoms with E-state index in [0.717, 1.165) is 17.8 Å². The van der Waals surface area contributed by atoms with Crippen LogP contribution in [0.5, 0.6) is 11.5 Å². The number of carbonyl (C=O) groups is 1. The third-order valence-electron chi connectivity index (χ3n) is 5.47. The van der Waals surface area contributed by atoms with E-state index in [9.17, 15) is 14.0 Å². The summed E-state index contributed by atoms with van der Waals surface area (Å²) < 4.78 is 23.6. The van der Waals surface area contributed by atoms with E-state index in [1.807, 2.05) is 0 Å². The number of nitrogens with zero attached hydrogens (tertiary/aromatic N) is 2. The minimum absolute atomic E-state index is 0.0770. The van der Waals surface area contributed by atoms with Gasteiger partial charge in [-0.05, 0) is 29.8 Å². The zero-order valence-corrected chi connectivity index (χ0v) is 19.7. The molecule has 3 aromatic rings. The Morgan fingerprint density at radius 1 is 1.21 bits per heavy atom. The average Bonchev–Trinajstić information content (AvgIpc) is 2.85. The lowest BCUT2D eigenvalue weighted by Crippen LogP contribution is -2.35.